The van der Waals surface area contributed by atoms with Gasteiger partial charge in [0, 0.05) is 24.4 Å². The summed E-state index contributed by atoms with van der Waals surface area (Å²) in [6.45, 7) is 3.44. The van der Waals surface area contributed by atoms with Crippen molar-refractivity contribution in [3.05, 3.63) is 71.0 Å². The predicted molar refractivity (Wildman–Crippen MR) is 118 cm³/mol. The van der Waals surface area contributed by atoms with Crippen LogP contribution in [0.3, 0.4) is 0 Å². The summed E-state index contributed by atoms with van der Waals surface area (Å²) in [5, 5.41) is 0. The molecule has 2 aliphatic heterocycles. The third kappa shape index (κ3) is 6.56. The second-order valence-electron chi connectivity index (χ2n) is 9.42. The first-order valence-electron chi connectivity index (χ1n) is 11.3. The highest BCUT2D eigenvalue weighted by Gasteiger charge is 2.52. The summed E-state index contributed by atoms with van der Waals surface area (Å²) in [6.07, 6.45) is -9.55. The van der Waals surface area contributed by atoms with Crippen LogP contribution in [0, 0.1) is 11.7 Å². The molecule has 2 aliphatic rings. The maximum Gasteiger partial charge on any atom is 0.416 e. The molecular weight excluding hydrogens is 493 g/mol. The Balaban J connectivity index is 0.000000444. The molecule has 2 heterocycles. The van der Waals surface area contributed by atoms with Gasteiger partial charge in [-0.2, -0.15) is 26.3 Å². The van der Waals surface area contributed by atoms with E-state index in [0.717, 1.165) is 0 Å². The molecule has 0 spiro atoms. The first kappa shape index (κ1) is 27.9. The maximum absolute atomic E-state index is 13.0. The Labute approximate surface area is 204 Å². The quantitative estimate of drug-likeness (QED) is 0.521. The fourth-order valence-electron chi connectivity index (χ4n) is 4.77. The molecule has 36 heavy (non-hydrogen) atoms. The number of rotatable bonds is 3. The van der Waals surface area contributed by atoms with Crippen molar-refractivity contribution in [3.8, 4) is 0 Å². The Morgan fingerprint density at radius 1 is 1.03 bits per heavy atom. The van der Waals surface area contributed by atoms with Crippen molar-refractivity contribution < 1.29 is 40.3 Å². The number of nitrogens with zero attached hydrogens (tertiary/aromatic N) is 1. The van der Waals surface area contributed by atoms with E-state index in [2.05, 4.69) is 0 Å². The van der Waals surface area contributed by atoms with Crippen molar-refractivity contribution in [2.45, 2.75) is 63.3 Å². The largest absolute Gasteiger partial charge is 0.416 e. The number of carbonyl (C=O) groups is 1. The molecular formula is C25H27F7N2O2. The van der Waals surface area contributed by atoms with Gasteiger partial charge in [-0.25, -0.2) is 4.39 Å². The number of hydrogen-bond donors (Lipinski definition) is 1. The molecule has 2 fully saturated rings. The molecule has 2 aromatic rings. The molecule has 198 valence electrons. The van der Waals surface area contributed by atoms with E-state index >= 15 is 0 Å². The van der Waals surface area contributed by atoms with Crippen LogP contribution in [0.1, 0.15) is 43.4 Å². The van der Waals surface area contributed by atoms with Crippen molar-refractivity contribution in [1.82, 2.24) is 4.90 Å². The number of alkyl halides is 6. The predicted octanol–water partition coefficient (Wildman–Crippen LogP) is 5.79. The van der Waals surface area contributed by atoms with Crippen LogP contribution in [0.2, 0.25) is 0 Å². The Morgan fingerprint density at radius 3 is 2.03 bits per heavy atom. The maximum atomic E-state index is 13.0. The van der Waals surface area contributed by atoms with Gasteiger partial charge >= 0.3 is 12.4 Å². The zero-order valence-corrected chi connectivity index (χ0v) is 19.7. The van der Waals surface area contributed by atoms with E-state index < -0.39 is 41.7 Å². The van der Waals surface area contributed by atoms with Crippen LogP contribution in [0.5, 0.6) is 0 Å². The first-order chi connectivity index (χ1) is 16.6. The Kier molecular flexibility index (Phi) is 8.04. The summed E-state index contributed by atoms with van der Waals surface area (Å²) in [5.41, 5.74) is 2.69. The molecule has 1 amide bonds. The molecule has 0 aromatic heterocycles. The summed E-state index contributed by atoms with van der Waals surface area (Å²) in [5.74, 6) is -0.459. The van der Waals surface area contributed by atoms with Crippen LogP contribution in [-0.4, -0.2) is 35.0 Å². The third-order valence-corrected chi connectivity index (χ3v) is 6.52. The van der Waals surface area contributed by atoms with Crippen molar-refractivity contribution in [3.63, 3.8) is 0 Å². The number of piperidine rings is 1. The summed E-state index contributed by atoms with van der Waals surface area (Å²) in [6, 6.07) is 9.04. The van der Waals surface area contributed by atoms with Crippen LogP contribution in [0.4, 0.5) is 30.7 Å². The topological polar surface area (TPSA) is 55.6 Å². The van der Waals surface area contributed by atoms with E-state index in [1.807, 2.05) is 13.8 Å². The highest BCUT2D eigenvalue weighted by Crippen LogP contribution is 2.40. The molecule has 2 aromatic carbocycles. The number of benzene rings is 2. The molecule has 4 rings (SSSR count). The monoisotopic (exact) mass is 520 g/mol. The van der Waals surface area contributed by atoms with E-state index in [9.17, 15) is 35.5 Å². The lowest BCUT2D eigenvalue weighted by Gasteiger charge is -2.43. The van der Waals surface area contributed by atoms with Gasteiger partial charge in [-0.05, 0) is 49.2 Å². The number of nitrogens with two attached hydrogens (primary N) is 1. The summed E-state index contributed by atoms with van der Waals surface area (Å²) in [7, 11) is 0. The van der Waals surface area contributed by atoms with Gasteiger partial charge in [0.15, 0.2) is 0 Å². The van der Waals surface area contributed by atoms with Crippen molar-refractivity contribution in [1.29, 1.82) is 0 Å². The molecule has 0 bridgehead atoms. The SMILES string of the molecule is CC1C(OCc2cc(C(F)(F)F)cc(C(F)(F)F)c2)CN2C(=O)CCC(C)(N)C12.Fc1ccccc1. The van der Waals surface area contributed by atoms with E-state index in [-0.39, 0.29) is 41.9 Å². The van der Waals surface area contributed by atoms with Gasteiger partial charge in [0.1, 0.15) is 5.82 Å². The number of hydrogen-bond acceptors (Lipinski definition) is 3. The molecule has 0 aliphatic carbocycles. The normalized spacial score (nSPS) is 26.3. The minimum absolute atomic E-state index is 0.0747. The number of carbonyl (C=O) groups excluding carboxylic acids is 1. The standard InChI is InChI=1S/C19H22F6N2O2.C6H5F/c1-10-14(8-27-15(28)3-4-17(2,26)16(10)27)29-9-11-5-12(18(20,21)22)7-13(6-11)19(23,24)25;7-6-4-2-1-3-5-6/h5-7,10,14,16H,3-4,8-9,26H2,1-2H3;1-5H. The van der Waals surface area contributed by atoms with Crippen LogP contribution in [0.15, 0.2) is 48.5 Å². The summed E-state index contributed by atoms with van der Waals surface area (Å²) < 4.78 is 95.6. The minimum Gasteiger partial charge on any atom is -0.371 e. The molecule has 4 unspecified atom stereocenters. The second-order valence-corrected chi connectivity index (χ2v) is 9.42. The van der Waals surface area contributed by atoms with Crippen molar-refractivity contribution >= 4 is 5.91 Å². The third-order valence-electron chi connectivity index (χ3n) is 6.52. The molecule has 0 radical (unpaired) electrons. The van der Waals surface area contributed by atoms with E-state index in [1.54, 1.807) is 23.1 Å². The fourth-order valence-corrected chi connectivity index (χ4v) is 4.77. The second kappa shape index (κ2) is 10.4. The zero-order chi connectivity index (χ0) is 26.9. The van der Waals surface area contributed by atoms with Gasteiger partial charge in [0.05, 0.1) is 29.9 Å². The molecule has 2 N–H and O–H groups in total. The molecule has 4 nitrogen and oxygen atoms in total. The van der Waals surface area contributed by atoms with Crippen LogP contribution < -0.4 is 5.73 Å². The minimum atomic E-state index is -4.91. The first-order valence-corrected chi connectivity index (χ1v) is 11.3. The molecule has 2 saturated heterocycles. The highest BCUT2D eigenvalue weighted by molar-refractivity contribution is 5.78. The number of halogens is 7. The number of fused-ring (bicyclic) bond motifs is 1. The Hall–Kier alpha value is -2.66. The molecule has 4 atom stereocenters. The van der Waals surface area contributed by atoms with Crippen LogP contribution in [-0.2, 0) is 28.5 Å². The average molecular weight is 520 g/mol. The number of ether oxygens (including phenoxy) is 1. The van der Waals surface area contributed by atoms with Gasteiger partial charge in [-0.3, -0.25) is 4.79 Å². The molecule has 0 saturated carbocycles. The fraction of sp³-hybridized carbons (Fsp3) is 0.480. The summed E-state index contributed by atoms with van der Waals surface area (Å²) in [4.78, 5) is 13.8. The number of amides is 1. The highest BCUT2D eigenvalue weighted by atomic mass is 19.4. The van der Waals surface area contributed by atoms with Gasteiger partial charge in [-0.15, -0.1) is 0 Å². The van der Waals surface area contributed by atoms with E-state index in [1.165, 1.54) is 12.1 Å². The van der Waals surface area contributed by atoms with Gasteiger partial charge in [0.25, 0.3) is 0 Å². The average Bonchev–Trinajstić information content (AvgIpc) is 3.13. The summed E-state index contributed by atoms with van der Waals surface area (Å²) >= 11 is 0. The Bertz CT molecular complexity index is 1020. The smallest absolute Gasteiger partial charge is 0.371 e. The van der Waals surface area contributed by atoms with Crippen molar-refractivity contribution in [2.24, 2.45) is 11.7 Å². The van der Waals surface area contributed by atoms with Gasteiger partial charge in [0.2, 0.25) is 5.91 Å². The van der Waals surface area contributed by atoms with Crippen LogP contribution in [0.25, 0.3) is 0 Å². The van der Waals surface area contributed by atoms with Crippen molar-refractivity contribution in [2.75, 3.05) is 6.54 Å². The van der Waals surface area contributed by atoms with E-state index in [4.69, 9.17) is 10.5 Å². The van der Waals surface area contributed by atoms with Gasteiger partial charge in [-0.1, -0.05) is 25.1 Å². The lowest BCUT2D eigenvalue weighted by atomic mass is 9.79. The van der Waals surface area contributed by atoms with Gasteiger partial charge < -0.3 is 15.4 Å². The lowest BCUT2D eigenvalue weighted by Crippen LogP contribution is -2.61. The van der Waals surface area contributed by atoms with E-state index in [0.29, 0.717) is 25.0 Å². The molecule has 11 heteroatoms. The van der Waals surface area contributed by atoms with Crippen LogP contribution >= 0.6 is 0 Å². The lowest BCUT2D eigenvalue weighted by molar-refractivity contribution is -0.143. The zero-order valence-electron chi connectivity index (χ0n) is 19.7. The Morgan fingerprint density at radius 2 is 1.58 bits per heavy atom.